The average molecular weight is 389 g/mol. The molecule has 0 aliphatic carbocycles. The Bertz CT molecular complexity index is 987. The molecule has 3 rings (SSSR count). The first-order chi connectivity index (χ1) is 12.5. The van der Waals surface area contributed by atoms with Crippen LogP contribution in [0.1, 0.15) is 21.2 Å². The number of sulfone groups is 1. The molecule has 1 aromatic heterocycles. The van der Waals surface area contributed by atoms with Gasteiger partial charge < -0.3 is 5.32 Å². The predicted octanol–water partition coefficient (Wildman–Crippen LogP) is 3.83. The smallest absolute Gasteiger partial charge is 0.251 e. The van der Waals surface area contributed by atoms with E-state index >= 15 is 0 Å². The number of thiophene rings is 1. The lowest BCUT2D eigenvalue weighted by Gasteiger charge is -2.18. The Morgan fingerprint density at radius 3 is 2.46 bits per heavy atom. The highest BCUT2D eigenvalue weighted by Gasteiger charge is 2.30. The van der Waals surface area contributed by atoms with E-state index in [9.17, 15) is 17.6 Å². The standard InChI is InChI=1S/C19H16FNO3S2/c20-16-9-4-8-15(12-16)19(22)21-13-17(14-6-2-1-3-7-14)26(23,24)18-10-5-11-25-18/h1-12,17H,13H2,(H,21,22). The van der Waals surface area contributed by atoms with Crippen LogP contribution in [0.15, 0.2) is 76.3 Å². The first-order valence-electron chi connectivity index (χ1n) is 7.84. The van der Waals surface area contributed by atoms with Crippen LogP contribution in [0.5, 0.6) is 0 Å². The van der Waals surface area contributed by atoms with Gasteiger partial charge in [-0.05, 0) is 35.2 Å². The van der Waals surface area contributed by atoms with Gasteiger partial charge in [0.15, 0.2) is 9.84 Å². The largest absolute Gasteiger partial charge is 0.350 e. The molecule has 1 N–H and O–H groups in total. The van der Waals surface area contributed by atoms with Crippen molar-refractivity contribution in [1.29, 1.82) is 0 Å². The van der Waals surface area contributed by atoms with Gasteiger partial charge in [0.1, 0.15) is 15.3 Å². The van der Waals surface area contributed by atoms with Crippen LogP contribution in [0.3, 0.4) is 0 Å². The van der Waals surface area contributed by atoms with Gasteiger partial charge in [0.05, 0.1) is 0 Å². The van der Waals surface area contributed by atoms with E-state index in [1.54, 1.807) is 47.8 Å². The van der Waals surface area contributed by atoms with Gasteiger partial charge in [-0.1, -0.05) is 42.5 Å². The molecule has 0 aliphatic rings. The molecule has 0 spiro atoms. The zero-order valence-corrected chi connectivity index (χ0v) is 15.3. The van der Waals surface area contributed by atoms with Crippen LogP contribution in [-0.4, -0.2) is 20.9 Å². The van der Waals surface area contributed by atoms with Crippen LogP contribution < -0.4 is 5.32 Å². The molecule has 0 radical (unpaired) electrons. The van der Waals surface area contributed by atoms with Gasteiger partial charge in [-0.3, -0.25) is 4.79 Å². The molecule has 0 bridgehead atoms. The summed E-state index contributed by atoms with van der Waals surface area (Å²) in [6, 6.07) is 17.2. The second-order valence-electron chi connectivity index (χ2n) is 5.60. The van der Waals surface area contributed by atoms with Gasteiger partial charge in [0.2, 0.25) is 0 Å². The lowest BCUT2D eigenvalue weighted by Crippen LogP contribution is -2.31. The first kappa shape index (κ1) is 18.3. The first-order valence-corrected chi connectivity index (χ1v) is 10.3. The van der Waals surface area contributed by atoms with E-state index in [4.69, 9.17) is 0 Å². The Labute approximate surface area is 155 Å². The van der Waals surface area contributed by atoms with Crippen LogP contribution in [0.4, 0.5) is 4.39 Å². The third-order valence-corrected chi connectivity index (χ3v) is 7.39. The SMILES string of the molecule is O=C(NCC(c1ccccc1)S(=O)(=O)c1cccs1)c1cccc(F)c1. The van der Waals surface area contributed by atoms with Crippen molar-refractivity contribution in [3.63, 3.8) is 0 Å². The summed E-state index contributed by atoms with van der Waals surface area (Å²) < 4.78 is 39.5. The van der Waals surface area contributed by atoms with E-state index in [-0.39, 0.29) is 16.3 Å². The van der Waals surface area contributed by atoms with Crippen LogP contribution in [-0.2, 0) is 9.84 Å². The minimum absolute atomic E-state index is 0.112. The number of carbonyl (C=O) groups is 1. The van der Waals surface area contributed by atoms with E-state index in [0.29, 0.717) is 5.56 Å². The molecule has 2 aromatic carbocycles. The molecule has 4 nitrogen and oxygen atoms in total. The van der Waals surface area contributed by atoms with Crippen molar-refractivity contribution >= 4 is 27.1 Å². The van der Waals surface area contributed by atoms with Crippen molar-refractivity contribution in [1.82, 2.24) is 5.32 Å². The van der Waals surface area contributed by atoms with Gasteiger partial charge in [-0.25, -0.2) is 12.8 Å². The maximum Gasteiger partial charge on any atom is 0.251 e. The summed E-state index contributed by atoms with van der Waals surface area (Å²) in [4.78, 5) is 12.3. The zero-order valence-electron chi connectivity index (χ0n) is 13.6. The molecule has 0 saturated heterocycles. The number of carbonyl (C=O) groups excluding carboxylic acids is 1. The zero-order chi connectivity index (χ0) is 18.6. The molecule has 1 unspecified atom stereocenters. The second kappa shape index (κ2) is 7.80. The number of nitrogens with one attached hydrogen (secondary N) is 1. The number of halogens is 1. The minimum Gasteiger partial charge on any atom is -0.350 e. The Morgan fingerprint density at radius 1 is 1.04 bits per heavy atom. The molecule has 1 amide bonds. The quantitative estimate of drug-likeness (QED) is 0.697. The Balaban J connectivity index is 1.87. The Morgan fingerprint density at radius 2 is 1.81 bits per heavy atom. The summed E-state index contributed by atoms with van der Waals surface area (Å²) in [5.41, 5.74) is 0.728. The van der Waals surface area contributed by atoms with Crippen molar-refractivity contribution in [3.8, 4) is 0 Å². The summed E-state index contributed by atoms with van der Waals surface area (Å²) in [5.74, 6) is -1.05. The fourth-order valence-electron chi connectivity index (χ4n) is 2.56. The fraction of sp³-hybridized carbons (Fsp3) is 0.105. The number of rotatable bonds is 6. The number of hydrogen-bond donors (Lipinski definition) is 1. The molecule has 7 heteroatoms. The molecular formula is C19H16FNO3S2. The summed E-state index contributed by atoms with van der Waals surface area (Å²) >= 11 is 1.14. The fourth-order valence-corrected chi connectivity index (χ4v) is 5.42. The molecule has 3 aromatic rings. The van der Waals surface area contributed by atoms with Crippen LogP contribution in [0, 0.1) is 5.82 Å². The average Bonchev–Trinajstić information content (AvgIpc) is 3.18. The molecule has 0 aliphatic heterocycles. The normalized spacial score (nSPS) is 12.5. The summed E-state index contributed by atoms with van der Waals surface area (Å²) in [6.07, 6.45) is 0. The summed E-state index contributed by atoms with van der Waals surface area (Å²) in [5, 5.41) is 3.38. The van der Waals surface area contributed by atoms with Gasteiger partial charge in [-0.2, -0.15) is 0 Å². The van der Waals surface area contributed by atoms with Gasteiger partial charge in [0, 0.05) is 12.1 Å². The highest BCUT2D eigenvalue weighted by molar-refractivity contribution is 7.93. The van der Waals surface area contributed by atoms with E-state index in [1.807, 2.05) is 0 Å². The third kappa shape index (κ3) is 4.00. The topological polar surface area (TPSA) is 63.2 Å². The molecular weight excluding hydrogens is 373 g/mol. The van der Waals surface area contributed by atoms with E-state index in [2.05, 4.69) is 5.32 Å². The summed E-state index contributed by atoms with van der Waals surface area (Å²) in [7, 11) is -3.67. The maximum atomic E-state index is 13.3. The van der Waals surface area contributed by atoms with Crippen LogP contribution in [0.2, 0.25) is 0 Å². The number of benzene rings is 2. The molecule has 134 valence electrons. The molecule has 0 fully saturated rings. The highest BCUT2D eigenvalue weighted by atomic mass is 32.2. The van der Waals surface area contributed by atoms with Crippen molar-refractivity contribution in [3.05, 3.63) is 89.1 Å². The van der Waals surface area contributed by atoms with Gasteiger partial charge >= 0.3 is 0 Å². The minimum atomic E-state index is -3.67. The lowest BCUT2D eigenvalue weighted by molar-refractivity contribution is 0.0953. The third-order valence-electron chi connectivity index (χ3n) is 3.86. The van der Waals surface area contributed by atoms with Gasteiger partial charge in [0.25, 0.3) is 5.91 Å². The maximum absolute atomic E-state index is 13.3. The molecule has 1 heterocycles. The predicted molar refractivity (Wildman–Crippen MR) is 99.4 cm³/mol. The van der Waals surface area contributed by atoms with Crippen LogP contribution >= 0.6 is 11.3 Å². The van der Waals surface area contributed by atoms with E-state index in [0.717, 1.165) is 17.4 Å². The van der Waals surface area contributed by atoms with Crippen molar-refractivity contribution < 1.29 is 17.6 Å². The van der Waals surface area contributed by atoms with Crippen molar-refractivity contribution in [2.45, 2.75) is 9.46 Å². The number of amides is 1. The molecule has 0 saturated carbocycles. The summed E-state index contributed by atoms with van der Waals surface area (Å²) in [6.45, 7) is -0.112. The monoisotopic (exact) mass is 389 g/mol. The van der Waals surface area contributed by atoms with E-state index in [1.165, 1.54) is 18.2 Å². The number of hydrogen-bond acceptors (Lipinski definition) is 4. The van der Waals surface area contributed by atoms with Crippen LogP contribution in [0.25, 0.3) is 0 Å². The molecule has 1 atom stereocenters. The van der Waals surface area contributed by atoms with Crippen molar-refractivity contribution in [2.75, 3.05) is 6.54 Å². The van der Waals surface area contributed by atoms with Gasteiger partial charge in [-0.15, -0.1) is 11.3 Å². The van der Waals surface area contributed by atoms with E-state index < -0.39 is 26.8 Å². The Kier molecular flexibility index (Phi) is 5.49. The van der Waals surface area contributed by atoms with Crippen molar-refractivity contribution in [2.24, 2.45) is 0 Å². The second-order valence-corrected chi connectivity index (χ2v) is 8.90. The molecule has 26 heavy (non-hydrogen) atoms. The highest BCUT2D eigenvalue weighted by Crippen LogP contribution is 2.31. The Hall–Kier alpha value is -2.51. The lowest BCUT2D eigenvalue weighted by atomic mass is 10.1.